The summed E-state index contributed by atoms with van der Waals surface area (Å²) >= 11 is 0. The molecular weight excluding hydrogens is 583 g/mol. The average Bonchev–Trinajstić information content (AvgIpc) is 3.52. The van der Waals surface area contributed by atoms with Gasteiger partial charge in [0.1, 0.15) is 11.2 Å². The van der Waals surface area contributed by atoms with E-state index in [1.807, 2.05) is 0 Å². The lowest BCUT2D eigenvalue weighted by Gasteiger charge is -2.25. The van der Waals surface area contributed by atoms with Gasteiger partial charge in [0.05, 0.1) is 0 Å². The van der Waals surface area contributed by atoms with Crippen molar-refractivity contribution in [2.45, 2.75) is 0 Å². The zero-order valence-corrected chi connectivity index (χ0v) is 26.3. The Balaban J connectivity index is 1.16. The summed E-state index contributed by atoms with van der Waals surface area (Å²) in [6.07, 6.45) is 0. The first-order valence-electron chi connectivity index (χ1n) is 16.3. The lowest BCUT2D eigenvalue weighted by atomic mass is 9.93. The van der Waals surface area contributed by atoms with E-state index >= 15 is 0 Å². The van der Waals surface area contributed by atoms with Crippen molar-refractivity contribution >= 4 is 49.8 Å². The maximum Gasteiger partial charge on any atom is 0.143 e. The van der Waals surface area contributed by atoms with Crippen LogP contribution in [0.4, 0.5) is 17.1 Å². The Morgan fingerprint density at radius 1 is 0.333 bits per heavy atom. The van der Waals surface area contributed by atoms with Gasteiger partial charge in [0.2, 0.25) is 0 Å². The SMILES string of the molecule is c1ccc(-c2ccc(-c3ccc(-c4c5ccccc5cc5c4oc4cc(N(c6ccccc6)c6ccccc6)ccc45)cc3)cc2)cc1. The highest BCUT2D eigenvalue weighted by Crippen LogP contribution is 2.43. The van der Waals surface area contributed by atoms with E-state index < -0.39 is 0 Å². The predicted molar refractivity (Wildman–Crippen MR) is 202 cm³/mol. The summed E-state index contributed by atoms with van der Waals surface area (Å²) < 4.78 is 6.85. The number of hydrogen-bond acceptors (Lipinski definition) is 2. The molecule has 8 aromatic carbocycles. The molecule has 0 aliphatic heterocycles. The van der Waals surface area contributed by atoms with Crippen molar-refractivity contribution in [2.75, 3.05) is 4.90 Å². The molecule has 48 heavy (non-hydrogen) atoms. The molecule has 0 aliphatic carbocycles. The van der Waals surface area contributed by atoms with Crippen molar-refractivity contribution in [3.05, 3.63) is 188 Å². The van der Waals surface area contributed by atoms with E-state index in [0.29, 0.717) is 0 Å². The van der Waals surface area contributed by atoms with Crippen molar-refractivity contribution < 1.29 is 4.42 Å². The van der Waals surface area contributed by atoms with E-state index in [0.717, 1.165) is 50.1 Å². The quantitative estimate of drug-likeness (QED) is 0.185. The van der Waals surface area contributed by atoms with Gasteiger partial charge in [0, 0.05) is 39.5 Å². The number of furan rings is 1. The first kappa shape index (κ1) is 27.9. The predicted octanol–water partition coefficient (Wildman–Crippen LogP) is 13.2. The number of nitrogens with zero attached hydrogens (tertiary/aromatic N) is 1. The average molecular weight is 614 g/mol. The summed E-state index contributed by atoms with van der Waals surface area (Å²) in [5, 5.41) is 4.61. The van der Waals surface area contributed by atoms with Gasteiger partial charge in [0.15, 0.2) is 0 Å². The number of anilines is 3. The molecule has 9 aromatic rings. The first-order chi connectivity index (χ1) is 23.8. The van der Waals surface area contributed by atoms with Gasteiger partial charge in [-0.15, -0.1) is 0 Å². The van der Waals surface area contributed by atoms with Crippen LogP contribution in [0.2, 0.25) is 0 Å². The molecule has 0 saturated heterocycles. The first-order valence-corrected chi connectivity index (χ1v) is 16.3. The summed E-state index contributed by atoms with van der Waals surface area (Å²) in [7, 11) is 0. The number of para-hydroxylation sites is 2. The molecule has 0 unspecified atom stereocenters. The van der Waals surface area contributed by atoms with Gasteiger partial charge >= 0.3 is 0 Å². The van der Waals surface area contributed by atoms with Crippen molar-refractivity contribution in [3.8, 4) is 33.4 Å². The van der Waals surface area contributed by atoms with Crippen LogP contribution in [0.15, 0.2) is 192 Å². The van der Waals surface area contributed by atoms with Crippen LogP contribution in [0, 0.1) is 0 Å². The molecule has 0 aliphatic rings. The second kappa shape index (κ2) is 11.8. The van der Waals surface area contributed by atoms with Gasteiger partial charge in [-0.25, -0.2) is 0 Å². The van der Waals surface area contributed by atoms with E-state index in [-0.39, 0.29) is 0 Å². The van der Waals surface area contributed by atoms with Crippen LogP contribution in [0.25, 0.3) is 66.1 Å². The molecule has 2 nitrogen and oxygen atoms in total. The maximum absolute atomic E-state index is 6.85. The summed E-state index contributed by atoms with van der Waals surface area (Å²) in [6, 6.07) is 66.7. The topological polar surface area (TPSA) is 16.4 Å². The lowest BCUT2D eigenvalue weighted by molar-refractivity contribution is 0.670. The van der Waals surface area contributed by atoms with Crippen molar-refractivity contribution in [2.24, 2.45) is 0 Å². The fraction of sp³-hybridized carbons (Fsp3) is 0. The van der Waals surface area contributed by atoms with Crippen LogP contribution in [0.3, 0.4) is 0 Å². The molecule has 1 heterocycles. The van der Waals surface area contributed by atoms with Gasteiger partial charge in [-0.1, -0.05) is 140 Å². The molecular formula is C46H31NO. The Labute approximate surface area is 279 Å². The van der Waals surface area contributed by atoms with Gasteiger partial charge < -0.3 is 9.32 Å². The monoisotopic (exact) mass is 613 g/mol. The number of rotatable bonds is 6. The second-order valence-corrected chi connectivity index (χ2v) is 12.2. The Morgan fingerprint density at radius 2 is 0.833 bits per heavy atom. The summed E-state index contributed by atoms with van der Waals surface area (Å²) in [5.41, 5.74) is 12.1. The van der Waals surface area contributed by atoms with Crippen molar-refractivity contribution in [3.63, 3.8) is 0 Å². The minimum Gasteiger partial charge on any atom is -0.455 e. The fourth-order valence-electron chi connectivity index (χ4n) is 6.90. The number of hydrogen-bond donors (Lipinski definition) is 0. The van der Waals surface area contributed by atoms with E-state index in [2.05, 4.69) is 193 Å². The van der Waals surface area contributed by atoms with E-state index in [9.17, 15) is 0 Å². The molecule has 0 bridgehead atoms. The Morgan fingerprint density at radius 3 is 1.44 bits per heavy atom. The zero-order valence-electron chi connectivity index (χ0n) is 26.3. The van der Waals surface area contributed by atoms with Crippen LogP contribution < -0.4 is 4.90 Å². The zero-order chi connectivity index (χ0) is 31.9. The maximum atomic E-state index is 6.85. The van der Waals surface area contributed by atoms with Gasteiger partial charge in [-0.05, 0) is 81.1 Å². The Hall–Kier alpha value is -6.38. The Bertz CT molecular complexity index is 2480. The summed E-state index contributed by atoms with van der Waals surface area (Å²) in [6.45, 7) is 0. The van der Waals surface area contributed by atoms with Gasteiger partial charge in [-0.3, -0.25) is 0 Å². The molecule has 9 rings (SSSR count). The third kappa shape index (κ3) is 4.92. The van der Waals surface area contributed by atoms with Crippen molar-refractivity contribution in [1.82, 2.24) is 0 Å². The molecule has 0 radical (unpaired) electrons. The van der Waals surface area contributed by atoms with Crippen LogP contribution in [0.1, 0.15) is 0 Å². The third-order valence-electron chi connectivity index (χ3n) is 9.25. The summed E-state index contributed by atoms with van der Waals surface area (Å²) in [5.74, 6) is 0. The molecule has 226 valence electrons. The lowest BCUT2D eigenvalue weighted by Crippen LogP contribution is -2.09. The minimum atomic E-state index is 0.867. The molecule has 0 saturated carbocycles. The van der Waals surface area contributed by atoms with Crippen LogP contribution in [-0.2, 0) is 0 Å². The fourth-order valence-corrected chi connectivity index (χ4v) is 6.90. The molecule has 0 amide bonds. The number of benzene rings is 8. The molecule has 2 heteroatoms. The highest BCUT2D eigenvalue weighted by Gasteiger charge is 2.19. The smallest absolute Gasteiger partial charge is 0.143 e. The highest BCUT2D eigenvalue weighted by atomic mass is 16.3. The van der Waals surface area contributed by atoms with E-state index in [1.54, 1.807) is 0 Å². The molecule has 0 atom stereocenters. The third-order valence-corrected chi connectivity index (χ3v) is 9.25. The largest absolute Gasteiger partial charge is 0.455 e. The number of fused-ring (bicyclic) bond motifs is 4. The second-order valence-electron chi connectivity index (χ2n) is 12.2. The Kier molecular flexibility index (Phi) is 6.84. The van der Waals surface area contributed by atoms with Crippen molar-refractivity contribution in [1.29, 1.82) is 0 Å². The minimum absolute atomic E-state index is 0.867. The summed E-state index contributed by atoms with van der Waals surface area (Å²) in [4.78, 5) is 2.27. The van der Waals surface area contributed by atoms with Gasteiger partial charge in [0.25, 0.3) is 0 Å². The van der Waals surface area contributed by atoms with E-state index in [4.69, 9.17) is 4.42 Å². The molecule has 1 aromatic heterocycles. The van der Waals surface area contributed by atoms with Crippen LogP contribution >= 0.6 is 0 Å². The highest BCUT2D eigenvalue weighted by molar-refractivity contribution is 6.18. The standard InChI is InChI=1S/C46H31NO/c1-4-12-32(13-5-1)33-20-22-34(23-21-33)35-24-26-36(27-25-35)45-41-19-11-10-14-37(41)30-43-42-29-28-40(31-44(42)48-46(43)45)47(38-15-6-2-7-16-38)39-17-8-3-9-18-39/h1-31H. The molecule has 0 fully saturated rings. The normalized spacial score (nSPS) is 11.3. The molecule has 0 spiro atoms. The van der Waals surface area contributed by atoms with Gasteiger partial charge in [-0.2, -0.15) is 0 Å². The van der Waals surface area contributed by atoms with Crippen LogP contribution in [-0.4, -0.2) is 0 Å². The molecule has 0 N–H and O–H groups in total. The van der Waals surface area contributed by atoms with Crippen LogP contribution in [0.5, 0.6) is 0 Å². The van der Waals surface area contributed by atoms with E-state index in [1.165, 1.54) is 33.0 Å².